The predicted molar refractivity (Wildman–Crippen MR) is 71.4 cm³/mol. The summed E-state index contributed by atoms with van der Waals surface area (Å²) in [6.45, 7) is 2.27. The van der Waals surface area contributed by atoms with Gasteiger partial charge in [-0.15, -0.1) is 0 Å². The molecule has 0 spiro atoms. The topological polar surface area (TPSA) is 61.4 Å². The first-order valence-corrected chi connectivity index (χ1v) is 5.76. The van der Waals surface area contributed by atoms with E-state index in [1.165, 1.54) is 4.90 Å². The number of nitrogens with one attached hydrogen (secondary N) is 2. The van der Waals surface area contributed by atoms with Crippen molar-refractivity contribution in [2.45, 2.75) is 6.92 Å². The first-order valence-electron chi connectivity index (χ1n) is 5.76. The van der Waals surface area contributed by atoms with E-state index >= 15 is 0 Å². The van der Waals surface area contributed by atoms with Crippen molar-refractivity contribution < 1.29 is 9.59 Å². The molecule has 0 aromatic heterocycles. The lowest BCUT2D eigenvalue weighted by atomic mass is 10.2. The molecule has 1 aromatic rings. The molecule has 0 saturated carbocycles. The normalized spacial score (nSPS) is 9.94. The Morgan fingerprint density at radius 1 is 1.11 bits per heavy atom. The molecular weight excluding hydrogens is 230 g/mol. The van der Waals surface area contributed by atoms with Crippen molar-refractivity contribution in [3.63, 3.8) is 0 Å². The van der Waals surface area contributed by atoms with Crippen LogP contribution in [0.5, 0.6) is 0 Å². The van der Waals surface area contributed by atoms with Gasteiger partial charge in [-0.2, -0.15) is 0 Å². The number of anilines is 1. The van der Waals surface area contributed by atoms with Gasteiger partial charge in [0.25, 0.3) is 0 Å². The van der Waals surface area contributed by atoms with Crippen LogP contribution < -0.4 is 10.6 Å². The van der Waals surface area contributed by atoms with Gasteiger partial charge >= 0.3 is 0 Å². The Hall–Kier alpha value is -1.88. The number of carbonyl (C=O) groups excluding carboxylic acids is 2. The van der Waals surface area contributed by atoms with Gasteiger partial charge in [-0.05, 0) is 19.1 Å². The average molecular weight is 249 g/mol. The number of hydrogen-bond donors (Lipinski definition) is 2. The lowest BCUT2D eigenvalue weighted by molar-refractivity contribution is -0.127. The summed E-state index contributed by atoms with van der Waals surface area (Å²) < 4.78 is 0. The van der Waals surface area contributed by atoms with Crippen LogP contribution in [0.15, 0.2) is 24.3 Å². The van der Waals surface area contributed by atoms with Crippen LogP contribution in [0.1, 0.15) is 5.56 Å². The van der Waals surface area contributed by atoms with E-state index in [4.69, 9.17) is 0 Å². The molecule has 0 aliphatic rings. The van der Waals surface area contributed by atoms with E-state index in [1.54, 1.807) is 14.1 Å². The number of likely N-dealkylation sites (N-methyl/N-ethyl adjacent to an activating group) is 1. The molecule has 18 heavy (non-hydrogen) atoms. The predicted octanol–water partition coefficient (Wildman–Crippen LogP) is 0.611. The number of amides is 2. The van der Waals surface area contributed by atoms with Gasteiger partial charge in [-0.1, -0.05) is 17.7 Å². The van der Waals surface area contributed by atoms with Gasteiger partial charge in [-0.3, -0.25) is 14.9 Å². The van der Waals surface area contributed by atoms with Gasteiger partial charge < -0.3 is 10.2 Å². The van der Waals surface area contributed by atoms with Crippen molar-refractivity contribution >= 4 is 17.5 Å². The first-order chi connectivity index (χ1) is 8.49. The lowest BCUT2D eigenvalue weighted by Gasteiger charge is -2.11. The van der Waals surface area contributed by atoms with Crippen LogP contribution in [0.3, 0.4) is 0 Å². The largest absolute Gasteiger partial charge is 0.348 e. The zero-order valence-electron chi connectivity index (χ0n) is 11.0. The number of rotatable bonds is 5. The highest BCUT2D eigenvalue weighted by atomic mass is 16.2. The Bertz CT molecular complexity index is 413. The smallest absolute Gasteiger partial charge is 0.238 e. The van der Waals surface area contributed by atoms with E-state index in [2.05, 4.69) is 10.6 Å². The molecular formula is C13H19N3O2. The van der Waals surface area contributed by atoms with Crippen molar-refractivity contribution in [2.75, 3.05) is 32.5 Å². The van der Waals surface area contributed by atoms with Crippen LogP contribution >= 0.6 is 0 Å². The fourth-order valence-corrected chi connectivity index (χ4v) is 1.28. The fraction of sp³-hybridized carbons (Fsp3) is 0.385. The summed E-state index contributed by atoms with van der Waals surface area (Å²) in [7, 11) is 3.35. The number of carbonyl (C=O) groups is 2. The second-order valence-corrected chi connectivity index (χ2v) is 4.31. The molecule has 0 bridgehead atoms. The molecule has 0 saturated heterocycles. The van der Waals surface area contributed by atoms with Crippen molar-refractivity contribution in [1.29, 1.82) is 0 Å². The van der Waals surface area contributed by atoms with Crippen LogP contribution in [0.4, 0.5) is 5.69 Å². The van der Waals surface area contributed by atoms with Crippen LogP contribution in [-0.2, 0) is 9.59 Å². The Morgan fingerprint density at radius 3 is 2.28 bits per heavy atom. The van der Waals surface area contributed by atoms with E-state index in [1.807, 2.05) is 31.2 Å². The highest BCUT2D eigenvalue weighted by Gasteiger charge is 2.05. The van der Waals surface area contributed by atoms with Gasteiger partial charge in [0, 0.05) is 19.8 Å². The molecule has 0 heterocycles. The van der Waals surface area contributed by atoms with Crippen molar-refractivity contribution in [3.05, 3.63) is 29.8 Å². The summed E-state index contributed by atoms with van der Waals surface area (Å²) in [6, 6.07) is 7.55. The molecule has 0 aliphatic carbocycles. The van der Waals surface area contributed by atoms with Crippen molar-refractivity contribution in [1.82, 2.24) is 10.2 Å². The third-order valence-electron chi connectivity index (χ3n) is 2.40. The molecule has 2 N–H and O–H groups in total. The van der Waals surface area contributed by atoms with Crippen LogP contribution in [0.2, 0.25) is 0 Å². The lowest BCUT2D eigenvalue weighted by Crippen LogP contribution is -2.37. The molecule has 0 radical (unpaired) electrons. The summed E-state index contributed by atoms with van der Waals surface area (Å²) >= 11 is 0. The Labute approximate surface area is 107 Å². The van der Waals surface area contributed by atoms with Gasteiger partial charge in [0.2, 0.25) is 11.8 Å². The van der Waals surface area contributed by atoms with Gasteiger partial charge in [-0.25, -0.2) is 0 Å². The minimum Gasteiger partial charge on any atom is -0.348 e. The summed E-state index contributed by atoms with van der Waals surface area (Å²) in [5.41, 5.74) is 1.90. The maximum absolute atomic E-state index is 11.6. The van der Waals surface area contributed by atoms with Gasteiger partial charge in [0.05, 0.1) is 13.1 Å². The van der Waals surface area contributed by atoms with E-state index in [-0.39, 0.29) is 24.9 Å². The quantitative estimate of drug-likeness (QED) is 0.804. The monoisotopic (exact) mass is 249 g/mol. The average Bonchev–Trinajstić information content (AvgIpc) is 2.32. The van der Waals surface area contributed by atoms with Crippen molar-refractivity contribution in [3.8, 4) is 0 Å². The standard InChI is InChI=1S/C13H19N3O2/c1-10-4-6-11(7-5-10)15-12(17)8-14-9-13(18)16(2)3/h4-7,14H,8-9H2,1-3H3,(H,15,17). The van der Waals surface area contributed by atoms with Gasteiger partial charge in [0.15, 0.2) is 0 Å². The Balaban J connectivity index is 2.30. The third-order valence-corrected chi connectivity index (χ3v) is 2.40. The first kappa shape index (κ1) is 14.2. The van der Waals surface area contributed by atoms with E-state index in [0.29, 0.717) is 0 Å². The maximum Gasteiger partial charge on any atom is 0.238 e. The fourth-order valence-electron chi connectivity index (χ4n) is 1.28. The number of nitrogens with zero attached hydrogens (tertiary/aromatic N) is 1. The molecule has 0 fully saturated rings. The maximum atomic E-state index is 11.6. The third kappa shape index (κ3) is 4.97. The molecule has 98 valence electrons. The van der Waals surface area contributed by atoms with E-state index < -0.39 is 0 Å². The van der Waals surface area contributed by atoms with Crippen LogP contribution in [0, 0.1) is 6.92 Å². The number of benzene rings is 1. The molecule has 5 nitrogen and oxygen atoms in total. The zero-order chi connectivity index (χ0) is 13.5. The molecule has 1 aromatic carbocycles. The second-order valence-electron chi connectivity index (χ2n) is 4.31. The van der Waals surface area contributed by atoms with E-state index in [0.717, 1.165) is 11.3 Å². The molecule has 0 atom stereocenters. The van der Waals surface area contributed by atoms with E-state index in [9.17, 15) is 9.59 Å². The summed E-state index contributed by atoms with van der Waals surface area (Å²) in [5.74, 6) is -0.219. The SMILES string of the molecule is Cc1ccc(NC(=O)CNCC(=O)N(C)C)cc1. The van der Waals surface area contributed by atoms with Gasteiger partial charge in [0.1, 0.15) is 0 Å². The zero-order valence-corrected chi connectivity index (χ0v) is 11.0. The summed E-state index contributed by atoms with van der Waals surface area (Å²) in [4.78, 5) is 24.3. The Morgan fingerprint density at radius 2 is 1.72 bits per heavy atom. The summed E-state index contributed by atoms with van der Waals surface area (Å²) in [5, 5.41) is 5.54. The molecule has 2 amide bonds. The second kappa shape index (κ2) is 6.76. The Kier molecular flexibility index (Phi) is 5.32. The molecule has 0 aliphatic heterocycles. The molecule has 1 rings (SSSR count). The molecule has 5 heteroatoms. The highest BCUT2D eigenvalue weighted by molar-refractivity contribution is 5.92. The molecule has 0 unspecified atom stereocenters. The minimum atomic E-state index is -0.162. The number of hydrogen-bond acceptors (Lipinski definition) is 3. The minimum absolute atomic E-state index is 0.0573. The summed E-state index contributed by atoms with van der Waals surface area (Å²) in [6.07, 6.45) is 0. The highest BCUT2D eigenvalue weighted by Crippen LogP contribution is 2.07. The van der Waals surface area contributed by atoms with Crippen molar-refractivity contribution in [2.24, 2.45) is 0 Å². The van der Waals surface area contributed by atoms with Crippen LogP contribution in [-0.4, -0.2) is 43.9 Å². The number of aryl methyl sites for hydroxylation is 1. The van der Waals surface area contributed by atoms with Crippen LogP contribution in [0.25, 0.3) is 0 Å².